The topological polar surface area (TPSA) is 94.8 Å². The number of anilines is 2. The van der Waals surface area contributed by atoms with E-state index in [4.69, 9.17) is 14.7 Å². The Kier molecular flexibility index (Phi) is 5.93. The molecule has 2 atom stereocenters. The lowest BCUT2D eigenvalue weighted by Crippen LogP contribution is -2.37. The van der Waals surface area contributed by atoms with E-state index in [2.05, 4.69) is 23.7 Å². The van der Waals surface area contributed by atoms with E-state index in [0.717, 1.165) is 51.6 Å². The zero-order valence-corrected chi connectivity index (χ0v) is 20.7. The molecule has 5 rings (SSSR count). The number of ether oxygens (including phenoxy) is 1. The first-order valence-corrected chi connectivity index (χ1v) is 12.6. The fourth-order valence-electron chi connectivity index (χ4n) is 5.08. The third-order valence-corrected chi connectivity index (χ3v) is 7.53. The molecule has 178 valence electrons. The summed E-state index contributed by atoms with van der Waals surface area (Å²) in [5.41, 5.74) is 3.12. The molecule has 0 aliphatic carbocycles. The lowest BCUT2D eigenvalue weighted by molar-refractivity contribution is -0.0395. The fourth-order valence-corrected chi connectivity index (χ4v) is 6.25. The molecular formula is C24H33N5O3S. The Hall–Kier alpha value is -2.07. The highest BCUT2D eigenvalue weighted by Gasteiger charge is 2.34. The van der Waals surface area contributed by atoms with E-state index in [1.165, 1.54) is 24.0 Å². The van der Waals surface area contributed by atoms with Gasteiger partial charge in [-0.1, -0.05) is 0 Å². The summed E-state index contributed by atoms with van der Waals surface area (Å²) in [5, 5.41) is 21.3. The summed E-state index contributed by atoms with van der Waals surface area (Å²) in [5.74, 6) is 1.80. The minimum atomic E-state index is -0.547. The van der Waals surface area contributed by atoms with Crippen molar-refractivity contribution in [1.82, 2.24) is 15.0 Å². The number of pyridine rings is 1. The molecule has 0 unspecified atom stereocenters. The molecule has 0 saturated carbocycles. The van der Waals surface area contributed by atoms with Crippen LogP contribution in [0.5, 0.6) is 0 Å². The summed E-state index contributed by atoms with van der Waals surface area (Å²) < 4.78 is 7.17. The van der Waals surface area contributed by atoms with Crippen molar-refractivity contribution in [1.29, 1.82) is 0 Å². The summed E-state index contributed by atoms with van der Waals surface area (Å²) in [7, 11) is 0. The van der Waals surface area contributed by atoms with Crippen LogP contribution in [0, 0.1) is 0 Å². The van der Waals surface area contributed by atoms with Gasteiger partial charge in [0, 0.05) is 43.5 Å². The van der Waals surface area contributed by atoms with Crippen molar-refractivity contribution in [3.8, 4) is 0 Å². The van der Waals surface area contributed by atoms with Crippen molar-refractivity contribution in [3.63, 3.8) is 0 Å². The Bertz CT molecular complexity index is 1160. The molecule has 5 heterocycles. The smallest absolute Gasteiger partial charge is 0.150 e. The van der Waals surface area contributed by atoms with E-state index in [9.17, 15) is 10.2 Å². The number of nitrogens with zero attached hydrogens (tertiary/aromatic N) is 5. The van der Waals surface area contributed by atoms with Gasteiger partial charge in [-0.25, -0.2) is 15.0 Å². The van der Waals surface area contributed by atoms with Gasteiger partial charge in [-0.05, 0) is 46.1 Å². The average Bonchev–Trinajstić information content (AvgIpc) is 3.38. The number of thiophene rings is 1. The predicted molar refractivity (Wildman–Crippen MR) is 132 cm³/mol. The number of hydrogen-bond donors (Lipinski definition) is 2. The number of aliphatic hydroxyl groups is 2. The van der Waals surface area contributed by atoms with Gasteiger partial charge < -0.3 is 24.7 Å². The molecule has 0 spiro atoms. The molecule has 2 aliphatic heterocycles. The molecule has 3 aromatic heterocycles. The molecule has 0 bridgehead atoms. The van der Waals surface area contributed by atoms with Gasteiger partial charge in [-0.2, -0.15) is 0 Å². The van der Waals surface area contributed by atoms with Crippen LogP contribution in [0.3, 0.4) is 0 Å². The quantitative estimate of drug-likeness (QED) is 0.566. The first kappa shape index (κ1) is 22.7. The van der Waals surface area contributed by atoms with Gasteiger partial charge in [0.2, 0.25) is 0 Å². The number of aromatic nitrogens is 3. The normalized spacial score (nSPS) is 19.8. The molecule has 2 aliphatic rings. The van der Waals surface area contributed by atoms with Gasteiger partial charge in [-0.3, -0.25) is 0 Å². The van der Waals surface area contributed by atoms with Crippen LogP contribution in [0.2, 0.25) is 0 Å². The third-order valence-electron chi connectivity index (χ3n) is 6.46. The van der Waals surface area contributed by atoms with Gasteiger partial charge in [0.15, 0.2) is 0 Å². The van der Waals surface area contributed by atoms with Gasteiger partial charge in [0.05, 0.1) is 34.6 Å². The van der Waals surface area contributed by atoms with Crippen LogP contribution < -0.4 is 9.80 Å². The van der Waals surface area contributed by atoms with Crippen molar-refractivity contribution in [2.75, 3.05) is 36.0 Å². The third kappa shape index (κ3) is 4.27. The maximum absolute atomic E-state index is 10.1. The first-order chi connectivity index (χ1) is 15.7. The van der Waals surface area contributed by atoms with Crippen LogP contribution in [-0.2, 0) is 17.8 Å². The summed E-state index contributed by atoms with van der Waals surface area (Å²) in [6.07, 6.45) is 3.68. The van der Waals surface area contributed by atoms with E-state index in [1.54, 1.807) is 31.5 Å². The SMILES string of the molecule is C[C@H](O)CN(C[C@H](C)O)c1ncnc2c1sc1nc(N3CCCC3)c3c(c12)CC(C)(C)OC3. The van der Waals surface area contributed by atoms with Crippen molar-refractivity contribution >= 4 is 43.4 Å². The molecule has 1 fully saturated rings. The van der Waals surface area contributed by atoms with Crippen LogP contribution in [0.15, 0.2) is 6.33 Å². The molecule has 0 amide bonds. The predicted octanol–water partition coefficient (Wildman–Crippen LogP) is 3.26. The second kappa shape index (κ2) is 8.61. The largest absolute Gasteiger partial charge is 0.392 e. The monoisotopic (exact) mass is 471 g/mol. The minimum absolute atomic E-state index is 0.252. The minimum Gasteiger partial charge on any atom is -0.392 e. The summed E-state index contributed by atoms with van der Waals surface area (Å²) in [6.45, 7) is 11.2. The van der Waals surface area contributed by atoms with E-state index < -0.39 is 12.2 Å². The molecule has 3 aromatic rings. The van der Waals surface area contributed by atoms with Crippen molar-refractivity contribution in [3.05, 3.63) is 17.5 Å². The number of hydrogen-bond acceptors (Lipinski definition) is 9. The standard InChI is InChI=1S/C24H33N5O3S/c1-14(30)10-29(11-15(2)31)22-20-19(25-13-26-22)18-16-9-24(3,4)32-12-17(16)21(27-23(18)33-20)28-7-5-6-8-28/h13-15,30-31H,5-12H2,1-4H3/t14-,15-/m0/s1. The van der Waals surface area contributed by atoms with Gasteiger partial charge >= 0.3 is 0 Å². The Morgan fingerprint density at radius 3 is 2.48 bits per heavy atom. The molecule has 2 N–H and O–H groups in total. The average molecular weight is 472 g/mol. The van der Waals surface area contributed by atoms with Gasteiger partial charge in [0.1, 0.15) is 22.8 Å². The van der Waals surface area contributed by atoms with Crippen LogP contribution >= 0.6 is 11.3 Å². The van der Waals surface area contributed by atoms with Crippen LogP contribution in [-0.4, -0.2) is 69.2 Å². The van der Waals surface area contributed by atoms with Crippen LogP contribution in [0.4, 0.5) is 11.6 Å². The number of aliphatic hydroxyl groups excluding tert-OH is 2. The lowest BCUT2D eigenvalue weighted by Gasteiger charge is -2.34. The molecule has 0 radical (unpaired) electrons. The number of rotatable bonds is 6. The molecule has 9 heteroatoms. The highest BCUT2D eigenvalue weighted by molar-refractivity contribution is 7.26. The number of fused-ring (bicyclic) bond motifs is 5. The zero-order chi connectivity index (χ0) is 23.3. The van der Waals surface area contributed by atoms with Crippen molar-refractivity contribution in [2.24, 2.45) is 0 Å². The summed E-state index contributed by atoms with van der Waals surface area (Å²) in [6, 6.07) is 0. The maximum atomic E-state index is 10.1. The first-order valence-electron chi connectivity index (χ1n) is 11.8. The van der Waals surface area contributed by atoms with Crippen molar-refractivity contribution in [2.45, 2.75) is 71.4 Å². The highest BCUT2D eigenvalue weighted by atomic mass is 32.1. The van der Waals surface area contributed by atoms with E-state index >= 15 is 0 Å². The molecule has 0 aromatic carbocycles. The van der Waals surface area contributed by atoms with E-state index in [0.29, 0.717) is 19.7 Å². The van der Waals surface area contributed by atoms with Crippen molar-refractivity contribution < 1.29 is 14.9 Å². The van der Waals surface area contributed by atoms with Gasteiger partial charge in [0.25, 0.3) is 0 Å². The Morgan fingerprint density at radius 2 is 1.82 bits per heavy atom. The summed E-state index contributed by atoms with van der Waals surface area (Å²) >= 11 is 1.61. The molecule has 33 heavy (non-hydrogen) atoms. The van der Waals surface area contributed by atoms with Crippen LogP contribution in [0.25, 0.3) is 20.4 Å². The van der Waals surface area contributed by atoms with Gasteiger partial charge in [-0.15, -0.1) is 11.3 Å². The van der Waals surface area contributed by atoms with E-state index in [1.807, 2.05) is 4.90 Å². The maximum Gasteiger partial charge on any atom is 0.150 e. The zero-order valence-electron chi connectivity index (χ0n) is 19.8. The Morgan fingerprint density at radius 1 is 1.12 bits per heavy atom. The lowest BCUT2D eigenvalue weighted by atomic mass is 9.90. The molecular weight excluding hydrogens is 438 g/mol. The van der Waals surface area contributed by atoms with E-state index in [-0.39, 0.29) is 5.60 Å². The molecule has 1 saturated heterocycles. The Balaban J connectivity index is 1.74. The summed E-state index contributed by atoms with van der Waals surface area (Å²) in [4.78, 5) is 19.8. The molecule has 8 nitrogen and oxygen atoms in total. The second-order valence-electron chi connectivity index (χ2n) is 10.1. The second-order valence-corrected chi connectivity index (χ2v) is 11.1. The van der Waals surface area contributed by atoms with Crippen LogP contribution in [0.1, 0.15) is 51.7 Å². The fraction of sp³-hybridized carbons (Fsp3) is 0.625. The Labute approximate surface area is 198 Å². The highest BCUT2D eigenvalue weighted by Crippen LogP contribution is 2.44.